The number of rotatable bonds is 1. The smallest absolute Gasteiger partial charge is 0.290 e. The van der Waals surface area contributed by atoms with Crippen molar-refractivity contribution in [2.45, 2.75) is 26.3 Å². The number of fused-ring (bicyclic) bond motifs is 1. The molecule has 2 aliphatic heterocycles. The van der Waals surface area contributed by atoms with Crippen LogP contribution in [-0.2, 0) is 4.79 Å². The topological polar surface area (TPSA) is 49.4 Å². The van der Waals surface area contributed by atoms with E-state index in [1.807, 2.05) is 19.2 Å². The van der Waals surface area contributed by atoms with E-state index in [4.69, 9.17) is 11.6 Å². The summed E-state index contributed by atoms with van der Waals surface area (Å²) in [7, 11) is 2.04. The van der Waals surface area contributed by atoms with Crippen molar-refractivity contribution < 1.29 is 9.59 Å². The van der Waals surface area contributed by atoms with Gasteiger partial charge in [-0.05, 0) is 61.9 Å². The highest BCUT2D eigenvalue weighted by molar-refractivity contribution is 8.18. The number of allylic oxidation sites excluding steroid dienone is 1. The summed E-state index contributed by atoms with van der Waals surface area (Å²) in [6.07, 6.45) is 3.88. The largest absolute Gasteiger partial charge is 0.365 e. The molecule has 1 N–H and O–H groups in total. The van der Waals surface area contributed by atoms with Crippen LogP contribution in [0.3, 0.4) is 0 Å². The van der Waals surface area contributed by atoms with Crippen LogP contribution in [0.4, 0.5) is 10.5 Å². The van der Waals surface area contributed by atoms with Gasteiger partial charge in [0, 0.05) is 23.3 Å². The van der Waals surface area contributed by atoms with E-state index in [9.17, 15) is 9.59 Å². The van der Waals surface area contributed by atoms with E-state index in [1.54, 1.807) is 6.08 Å². The average Bonchev–Trinajstić information content (AvgIpc) is 2.76. The van der Waals surface area contributed by atoms with Crippen LogP contribution in [0.2, 0.25) is 5.02 Å². The van der Waals surface area contributed by atoms with Crippen LogP contribution in [-0.4, -0.2) is 23.7 Å². The van der Waals surface area contributed by atoms with Crippen LogP contribution in [0.5, 0.6) is 0 Å². The van der Waals surface area contributed by atoms with Gasteiger partial charge in [-0.1, -0.05) is 17.7 Å². The first-order valence-electron chi connectivity index (χ1n) is 7.21. The monoisotopic (exact) mass is 348 g/mol. The molecule has 3 rings (SSSR count). The van der Waals surface area contributed by atoms with E-state index in [0.717, 1.165) is 28.6 Å². The third-order valence-corrected chi connectivity index (χ3v) is 5.40. The predicted octanol–water partition coefficient (Wildman–Crippen LogP) is 4.30. The van der Waals surface area contributed by atoms with Gasteiger partial charge in [0.1, 0.15) is 0 Å². The van der Waals surface area contributed by atoms with Gasteiger partial charge in [0.2, 0.25) is 0 Å². The molecule has 23 heavy (non-hydrogen) atoms. The molecule has 1 aromatic carbocycles. The fourth-order valence-corrected chi connectivity index (χ4v) is 3.75. The Morgan fingerprint density at radius 1 is 1.30 bits per heavy atom. The maximum Gasteiger partial charge on any atom is 0.290 e. The molecule has 2 amide bonds. The number of likely N-dealkylation sites (N-methyl/N-ethyl adjacent to an activating group) is 1. The van der Waals surface area contributed by atoms with E-state index in [1.165, 1.54) is 5.57 Å². The SMILES string of the molecule is CC1=CC(C)(C)N(C)c2cc(Cl)c(/C=C3\SC(=O)NC3=O)cc21. The number of carbonyl (C=O) groups is 2. The first-order valence-corrected chi connectivity index (χ1v) is 8.40. The van der Waals surface area contributed by atoms with Crippen molar-refractivity contribution >= 4 is 51.8 Å². The highest BCUT2D eigenvalue weighted by atomic mass is 35.5. The lowest BCUT2D eigenvalue weighted by molar-refractivity contribution is -0.115. The fraction of sp³-hybridized carbons (Fsp3) is 0.294. The number of hydrogen-bond acceptors (Lipinski definition) is 4. The van der Waals surface area contributed by atoms with Crippen LogP contribution in [0.1, 0.15) is 31.9 Å². The predicted molar refractivity (Wildman–Crippen MR) is 96.7 cm³/mol. The van der Waals surface area contributed by atoms with Gasteiger partial charge in [-0.25, -0.2) is 0 Å². The molecular weight excluding hydrogens is 332 g/mol. The van der Waals surface area contributed by atoms with E-state index in [-0.39, 0.29) is 16.7 Å². The highest BCUT2D eigenvalue weighted by Crippen LogP contribution is 2.41. The number of nitrogens with zero attached hydrogens (tertiary/aromatic N) is 1. The zero-order valence-electron chi connectivity index (χ0n) is 13.4. The average molecular weight is 349 g/mol. The molecule has 0 bridgehead atoms. The number of nitrogens with one attached hydrogen (secondary N) is 1. The molecule has 6 heteroatoms. The maximum atomic E-state index is 11.7. The summed E-state index contributed by atoms with van der Waals surface area (Å²) in [6.45, 7) is 6.36. The van der Waals surface area contributed by atoms with Crippen molar-refractivity contribution in [3.05, 3.63) is 39.3 Å². The number of anilines is 1. The minimum absolute atomic E-state index is 0.0893. The Balaban J connectivity index is 2.10. The Labute approximate surface area is 144 Å². The van der Waals surface area contributed by atoms with Gasteiger partial charge in [0.05, 0.1) is 10.4 Å². The quantitative estimate of drug-likeness (QED) is 0.769. The lowest BCUT2D eigenvalue weighted by Gasteiger charge is -2.40. The zero-order valence-corrected chi connectivity index (χ0v) is 14.9. The molecule has 0 radical (unpaired) electrons. The van der Waals surface area contributed by atoms with Gasteiger partial charge in [-0.3, -0.25) is 14.9 Å². The van der Waals surface area contributed by atoms with Crippen LogP contribution in [0.15, 0.2) is 23.1 Å². The van der Waals surface area contributed by atoms with Gasteiger partial charge >= 0.3 is 0 Å². The summed E-state index contributed by atoms with van der Waals surface area (Å²) >= 11 is 7.31. The van der Waals surface area contributed by atoms with Crippen molar-refractivity contribution in [1.29, 1.82) is 0 Å². The summed E-state index contributed by atoms with van der Waals surface area (Å²) in [4.78, 5) is 25.5. The number of thioether (sulfide) groups is 1. The molecule has 2 aliphatic rings. The van der Waals surface area contributed by atoms with E-state index >= 15 is 0 Å². The number of carbonyl (C=O) groups excluding carboxylic acids is 2. The molecule has 1 aromatic rings. The minimum Gasteiger partial charge on any atom is -0.365 e. The molecule has 0 saturated carbocycles. The lowest BCUT2D eigenvalue weighted by atomic mass is 9.88. The molecule has 0 unspecified atom stereocenters. The normalized spacial score (nSPS) is 21.3. The summed E-state index contributed by atoms with van der Waals surface area (Å²) in [6, 6.07) is 3.89. The number of hydrogen-bond donors (Lipinski definition) is 1. The Morgan fingerprint density at radius 3 is 2.61 bits per heavy atom. The minimum atomic E-state index is -0.376. The van der Waals surface area contributed by atoms with Crippen molar-refractivity contribution in [2.75, 3.05) is 11.9 Å². The molecule has 2 heterocycles. The van der Waals surface area contributed by atoms with Gasteiger partial charge in [-0.15, -0.1) is 0 Å². The molecule has 4 nitrogen and oxygen atoms in total. The van der Waals surface area contributed by atoms with Crippen LogP contribution in [0, 0.1) is 0 Å². The third-order valence-electron chi connectivity index (χ3n) is 4.26. The standard InChI is InChI=1S/C17H17ClN2O2S/c1-9-8-17(2,3)20(4)13-7-12(18)10(5-11(9)13)6-14-15(21)19-16(22)23-14/h5-8H,1-4H3,(H,19,21,22)/b14-6-. The summed E-state index contributed by atoms with van der Waals surface area (Å²) in [5.41, 5.74) is 3.95. The summed E-state index contributed by atoms with van der Waals surface area (Å²) in [5.74, 6) is -0.376. The molecule has 1 saturated heterocycles. The van der Waals surface area contributed by atoms with E-state index < -0.39 is 0 Å². The Bertz CT molecular complexity index is 796. The van der Waals surface area contributed by atoms with Gasteiger partial charge in [-0.2, -0.15) is 0 Å². The second kappa shape index (κ2) is 5.42. The second-order valence-corrected chi connectivity index (χ2v) is 7.71. The van der Waals surface area contributed by atoms with Gasteiger partial charge < -0.3 is 4.90 Å². The maximum absolute atomic E-state index is 11.7. The van der Waals surface area contributed by atoms with Gasteiger partial charge in [0.15, 0.2) is 0 Å². The van der Waals surface area contributed by atoms with Gasteiger partial charge in [0.25, 0.3) is 11.1 Å². The molecular formula is C17H17ClN2O2S. The van der Waals surface area contributed by atoms with E-state index in [0.29, 0.717) is 9.93 Å². The van der Waals surface area contributed by atoms with Crippen molar-refractivity contribution in [2.24, 2.45) is 0 Å². The highest BCUT2D eigenvalue weighted by Gasteiger charge is 2.30. The van der Waals surface area contributed by atoms with Crippen molar-refractivity contribution in [3.63, 3.8) is 0 Å². The first-order chi connectivity index (χ1) is 10.7. The lowest BCUT2D eigenvalue weighted by Crippen LogP contribution is -2.42. The number of benzene rings is 1. The molecule has 0 aromatic heterocycles. The number of halogens is 1. The van der Waals surface area contributed by atoms with E-state index in [2.05, 4.69) is 37.1 Å². The Morgan fingerprint density at radius 2 is 2.00 bits per heavy atom. The zero-order chi connectivity index (χ0) is 16.9. The second-order valence-electron chi connectivity index (χ2n) is 6.28. The third kappa shape index (κ3) is 2.79. The number of amides is 2. The summed E-state index contributed by atoms with van der Waals surface area (Å²) < 4.78 is 0. The molecule has 0 spiro atoms. The fourth-order valence-electron chi connectivity index (χ4n) is 2.86. The first kappa shape index (κ1) is 16.1. The number of imide groups is 1. The molecule has 1 fully saturated rings. The molecule has 0 atom stereocenters. The summed E-state index contributed by atoms with van der Waals surface area (Å²) in [5, 5.41) is 2.45. The Kier molecular flexibility index (Phi) is 3.81. The molecule has 0 aliphatic carbocycles. The van der Waals surface area contributed by atoms with Crippen LogP contribution in [0.25, 0.3) is 11.6 Å². The van der Waals surface area contributed by atoms with Crippen molar-refractivity contribution in [1.82, 2.24) is 5.32 Å². The van der Waals surface area contributed by atoms with Crippen molar-refractivity contribution in [3.8, 4) is 0 Å². The van der Waals surface area contributed by atoms with Crippen LogP contribution < -0.4 is 10.2 Å². The van der Waals surface area contributed by atoms with Crippen LogP contribution >= 0.6 is 23.4 Å². The molecule has 120 valence electrons. The Hall–Kier alpha value is -1.72.